The summed E-state index contributed by atoms with van der Waals surface area (Å²) < 4.78 is 6.54. The largest absolute Gasteiger partial charge is 0.461 e. The third-order valence-corrected chi connectivity index (χ3v) is 5.50. The molecule has 0 aliphatic rings. The second-order valence-electron chi connectivity index (χ2n) is 7.09. The fraction of sp³-hybridized carbons (Fsp3) is 0.167. The number of anilines is 1. The summed E-state index contributed by atoms with van der Waals surface area (Å²) in [5.41, 5.74) is 4.63. The number of ether oxygens (including phenoxy) is 1. The van der Waals surface area contributed by atoms with Crippen molar-refractivity contribution in [3.63, 3.8) is 0 Å². The average Bonchev–Trinajstić information content (AvgIpc) is 3.45. The first-order valence-electron chi connectivity index (χ1n) is 10.2. The number of carbonyl (C=O) groups is 2. The molecule has 4 aromatic rings. The maximum absolute atomic E-state index is 12.4. The van der Waals surface area contributed by atoms with Crippen LogP contribution in [0.15, 0.2) is 66.2 Å². The summed E-state index contributed by atoms with van der Waals surface area (Å²) in [6, 6.07) is 16.7. The smallest absolute Gasteiger partial charge is 0.358 e. The highest BCUT2D eigenvalue weighted by molar-refractivity contribution is 7.09. The molecule has 1 amide bonds. The zero-order chi connectivity index (χ0) is 22.5. The van der Waals surface area contributed by atoms with E-state index in [-0.39, 0.29) is 18.0 Å². The summed E-state index contributed by atoms with van der Waals surface area (Å²) in [5, 5.41) is 10.2. The first-order valence-corrected chi connectivity index (χ1v) is 11.0. The van der Waals surface area contributed by atoms with Gasteiger partial charge in [0.2, 0.25) is 5.91 Å². The molecular weight excluding hydrogens is 424 g/mol. The molecule has 0 aliphatic carbocycles. The van der Waals surface area contributed by atoms with Crippen LogP contribution >= 0.6 is 11.3 Å². The highest BCUT2D eigenvalue weighted by Gasteiger charge is 2.11. The number of esters is 1. The zero-order valence-electron chi connectivity index (χ0n) is 17.7. The zero-order valence-corrected chi connectivity index (χ0v) is 18.6. The lowest BCUT2D eigenvalue weighted by Gasteiger charge is -2.07. The van der Waals surface area contributed by atoms with Gasteiger partial charge in [0.25, 0.3) is 0 Å². The minimum atomic E-state index is -0.454. The van der Waals surface area contributed by atoms with Gasteiger partial charge in [-0.1, -0.05) is 24.3 Å². The van der Waals surface area contributed by atoms with Crippen molar-refractivity contribution in [1.82, 2.24) is 14.8 Å². The Morgan fingerprint density at radius 1 is 1.06 bits per heavy atom. The van der Waals surface area contributed by atoms with Crippen LogP contribution in [0.2, 0.25) is 0 Å². The second-order valence-corrected chi connectivity index (χ2v) is 8.15. The molecule has 162 valence electrons. The average molecular weight is 447 g/mol. The minimum Gasteiger partial charge on any atom is -0.461 e. The molecule has 2 aromatic carbocycles. The van der Waals surface area contributed by atoms with Crippen molar-refractivity contribution in [1.29, 1.82) is 0 Å². The van der Waals surface area contributed by atoms with Gasteiger partial charge in [0.1, 0.15) is 0 Å². The van der Waals surface area contributed by atoms with Crippen molar-refractivity contribution in [2.24, 2.45) is 0 Å². The number of thiazole rings is 1. The lowest BCUT2D eigenvalue weighted by Crippen LogP contribution is -2.14. The number of aryl methyl sites for hydroxylation is 1. The molecule has 7 nitrogen and oxygen atoms in total. The fourth-order valence-electron chi connectivity index (χ4n) is 3.16. The van der Waals surface area contributed by atoms with Gasteiger partial charge in [0.15, 0.2) is 5.69 Å². The van der Waals surface area contributed by atoms with E-state index < -0.39 is 5.97 Å². The van der Waals surface area contributed by atoms with Gasteiger partial charge < -0.3 is 10.1 Å². The number of hydrogen-bond acceptors (Lipinski definition) is 6. The number of rotatable bonds is 7. The number of aromatic nitrogens is 3. The van der Waals surface area contributed by atoms with E-state index in [0.29, 0.717) is 12.3 Å². The SMILES string of the molecule is CCOC(=O)c1ccn(-c2ccc(NC(=O)Cc3ccc(-c4csc(C)n4)cc3)cc2)n1. The third-order valence-electron chi connectivity index (χ3n) is 4.72. The van der Waals surface area contributed by atoms with Gasteiger partial charge in [-0.2, -0.15) is 5.10 Å². The molecule has 0 saturated carbocycles. The first kappa shape index (κ1) is 21.5. The number of amides is 1. The Morgan fingerprint density at radius 3 is 2.47 bits per heavy atom. The minimum absolute atomic E-state index is 0.0984. The summed E-state index contributed by atoms with van der Waals surface area (Å²) in [4.78, 5) is 28.7. The lowest BCUT2D eigenvalue weighted by molar-refractivity contribution is -0.115. The van der Waals surface area contributed by atoms with Crippen LogP contribution in [0.3, 0.4) is 0 Å². The number of nitrogens with one attached hydrogen (secondary N) is 1. The van der Waals surface area contributed by atoms with Crippen LogP contribution < -0.4 is 5.32 Å². The molecular formula is C24H22N4O3S. The van der Waals surface area contributed by atoms with Crippen molar-refractivity contribution >= 4 is 28.9 Å². The third kappa shape index (κ3) is 5.09. The van der Waals surface area contributed by atoms with Gasteiger partial charge in [-0.05, 0) is 49.7 Å². The topological polar surface area (TPSA) is 86.1 Å². The molecule has 8 heteroatoms. The molecule has 0 spiro atoms. The summed E-state index contributed by atoms with van der Waals surface area (Å²) >= 11 is 1.62. The first-order chi connectivity index (χ1) is 15.5. The Bertz CT molecular complexity index is 1230. The quantitative estimate of drug-likeness (QED) is 0.417. The van der Waals surface area contributed by atoms with Gasteiger partial charge in [0.05, 0.1) is 29.4 Å². The maximum Gasteiger partial charge on any atom is 0.358 e. The van der Waals surface area contributed by atoms with Gasteiger partial charge in [-0.3, -0.25) is 4.79 Å². The molecule has 4 rings (SSSR count). The number of benzene rings is 2. The standard InChI is InChI=1S/C24H22N4O3S/c1-3-31-24(30)21-12-13-28(27-21)20-10-8-19(9-11-20)26-23(29)14-17-4-6-18(7-5-17)22-15-32-16(2)25-22/h4-13,15H,3,14H2,1-2H3,(H,26,29). The van der Waals surface area contributed by atoms with E-state index in [4.69, 9.17) is 4.74 Å². The Morgan fingerprint density at radius 2 is 1.81 bits per heavy atom. The predicted molar refractivity (Wildman–Crippen MR) is 124 cm³/mol. The monoisotopic (exact) mass is 446 g/mol. The molecule has 0 saturated heterocycles. The summed E-state index contributed by atoms with van der Waals surface area (Å²) in [5.74, 6) is -0.552. The van der Waals surface area contributed by atoms with E-state index in [1.165, 1.54) is 0 Å². The summed E-state index contributed by atoms with van der Waals surface area (Å²) in [6.07, 6.45) is 1.97. The highest BCUT2D eigenvalue weighted by Crippen LogP contribution is 2.22. The van der Waals surface area contributed by atoms with E-state index in [1.807, 2.05) is 48.7 Å². The highest BCUT2D eigenvalue weighted by atomic mass is 32.1. The molecule has 1 N–H and O–H groups in total. The number of nitrogens with zero attached hydrogens (tertiary/aromatic N) is 3. The van der Waals surface area contributed by atoms with Crippen LogP contribution in [0.25, 0.3) is 16.9 Å². The van der Waals surface area contributed by atoms with Crippen molar-refractivity contribution in [2.75, 3.05) is 11.9 Å². The fourth-order valence-corrected chi connectivity index (χ4v) is 3.78. The maximum atomic E-state index is 12.4. The number of carbonyl (C=O) groups excluding carboxylic acids is 2. The molecule has 0 atom stereocenters. The molecule has 0 fully saturated rings. The van der Waals surface area contributed by atoms with Crippen LogP contribution in [-0.2, 0) is 16.0 Å². The van der Waals surface area contributed by atoms with Crippen molar-refractivity contribution in [3.8, 4) is 16.9 Å². The van der Waals surface area contributed by atoms with E-state index in [1.54, 1.807) is 47.3 Å². The Balaban J connectivity index is 1.35. The van der Waals surface area contributed by atoms with Gasteiger partial charge in [0, 0.05) is 22.8 Å². The summed E-state index contributed by atoms with van der Waals surface area (Å²) in [7, 11) is 0. The van der Waals surface area contributed by atoms with Gasteiger partial charge >= 0.3 is 5.97 Å². The molecule has 2 heterocycles. The normalized spacial score (nSPS) is 10.7. The van der Waals surface area contributed by atoms with E-state index in [0.717, 1.165) is 27.5 Å². The van der Waals surface area contributed by atoms with Crippen LogP contribution in [0.1, 0.15) is 28.0 Å². The van der Waals surface area contributed by atoms with Crippen LogP contribution in [0, 0.1) is 6.92 Å². The predicted octanol–water partition coefficient (Wildman–Crippen LogP) is 4.66. The molecule has 32 heavy (non-hydrogen) atoms. The molecule has 2 aromatic heterocycles. The molecule has 0 bridgehead atoms. The van der Waals surface area contributed by atoms with Gasteiger partial charge in [-0.15, -0.1) is 11.3 Å². The van der Waals surface area contributed by atoms with Crippen molar-refractivity contribution in [2.45, 2.75) is 20.3 Å². The summed E-state index contributed by atoms with van der Waals surface area (Å²) in [6.45, 7) is 4.03. The van der Waals surface area contributed by atoms with Crippen molar-refractivity contribution < 1.29 is 14.3 Å². The van der Waals surface area contributed by atoms with Crippen molar-refractivity contribution in [3.05, 3.63) is 82.4 Å². The Hall–Kier alpha value is -3.78. The lowest BCUT2D eigenvalue weighted by atomic mass is 10.1. The Labute approximate surface area is 189 Å². The van der Waals surface area contributed by atoms with Crippen LogP contribution in [0.4, 0.5) is 5.69 Å². The van der Waals surface area contributed by atoms with E-state index in [9.17, 15) is 9.59 Å². The van der Waals surface area contributed by atoms with Crippen LogP contribution in [-0.4, -0.2) is 33.2 Å². The Kier molecular flexibility index (Phi) is 6.42. The van der Waals surface area contributed by atoms with Gasteiger partial charge in [-0.25, -0.2) is 14.5 Å². The molecule has 0 radical (unpaired) electrons. The van der Waals surface area contributed by atoms with E-state index >= 15 is 0 Å². The van der Waals surface area contributed by atoms with Crippen LogP contribution in [0.5, 0.6) is 0 Å². The number of hydrogen-bond donors (Lipinski definition) is 1. The molecule has 0 aliphatic heterocycles. The van der Waals surface area contributed by atoms with E-state index in [2.05, 4.69) is 15.4 Å². The second kappa shape index (κ2) is 9.57. The molecule has 0 unspecified atom stereocenters.